The highest BCUT2D eigenvalue weighted by Crippen LogP contribution is 2.44. The average molecular weight is 395 g/mol. The van der Waals surface area contributed by atoms with E-state index in [9.17, 15) is 0 Å². The Kier molecular flexibility index (Phi) is 9.54. The number of hydrogen-bond donors (Lipinski definition) is 0. The molecule has 0 unspecified atom stereocenters. The summed E-state index contributed by atoms with van der Waals surface area (Å²) < 4.78 is 5.76. The molecule has 1 nitrogen and oxygen atoms in total. The first kappa shape index (κ1) is 22.3. The van der Waals surface area contributed by atoms with Crippen LogP contribution in [0.2, 0.25) is 0 Å². The fourth-order valence-electron chi connectivity index (χ4n) is 5.46. The van der Waals surface area contributed by atoms with Gasteiger partial charge in [0.15, 0.2) is 0 Å². The van der Waals surface area contributed by atoms with Crippen molar-refractivity contribution in [2.24, 2.45) is 17.8 Å². The smallest absolute Gasteiger partial charge is 0.0717 e. The lowest BCUT2D eigenvalue weighted by atomic mass is 9.68. The zero-order valence-corrected chi connectivity index (χ0v) is 18.8. The summed E-state index contributed by atoms with van der Waals surface area (Å²) in [6.07, 6.45) is 22.8. The molecule has 0 aromatic heterocycles. The number of hydrogen-bond acceptors (Lipinski definition) is 1. The SMILES string of the molecule is C/C=C/CCOCc1ccc(C2CCC([C@H]3CC[C@H](/C=C/CC)CC3)CC2)cc1. The molecule has 0 bridgehead atoms. The van der Waals surface area contributed by atoms with Crippen molar-refractivity contribution >= 4 is 0 Å². The quantitative estimate of drug-likeness (QED) is 0.303. The topological polar surface area (TPSA) is 9.23 Å². The minimum atomic E-state index is 0.737. The van der Waals surface area contributed by atoms with Gasteiger partial charge in [0.05, 0.1) is 13.2 Å². The Morgan fingerprint density at radius 2 is 1.52 bits per heavy atom. The van der Waals surface area contributed by atoms with Gasteiger partial charge >= 0.3 is 0 Å². The standard InChI is InChI=1S/C28H42O/c1-3-5-7-21-29-22-24-11-15-26(16-12-24)28-19-17-27(18-20-28)25-13-9-23(10-14-25)8-6-4-2/h3,5-6,8,11-12,15-16,23,25,27-28H,4,7,9-10,13-14,17-22H2,1-2H3/b5-3+,8-6+/t23-,25-,27?,28?. The minimum absolute atomic E-state index is 0.737. The molecule has 0 amide bonds. The summed E-state index contributed by atoms with van der Waals surface area (Å²) in [5.74, 6) is 3.64. The van der Waals surface area contributed by atoms with Crippen molar-refractivity contribution in [3.8, 4) is 0 Å². The summed E-state index contributed by atoms with van der Waals surface area (Å²) in [7, 11) is 0. The molecule has 0 radical (unpaired) electrons. The fourth-order valence-corrected chi connectivity index (χ4v) is 5.46. The molecule has 3 rings (SSSR count). The van der Waals surface area contributed by atoms with E-state index in [0.717, 1.165) is 43.3 Å². The van der Waals surface area contributed by atoms with E-state index >= 15 is 0 Å². The molecule has 160 valence electrons. The van der Waals surface area contributed by atoms with Gasteiger partial charge in [-0.05, 0) is 106 Å². The molecular formula is C28H42O. The highest BCUT2D eigenvalue weighted by molar-refractivity contribution is 5.25. The maximum absolute atomic E-state index is 5.76. The third kappa shape index (κ3) is 7.14. The van der Waals surface area contributed by atoms with Gasteiger partial charge in [-0.2, -0.15) is 0 Å². The van der Waals surface area contributed by atoms with Gasteiger partial charge in [-0.3, -0.25) is 0 Å². The molecule has 1 heteroatoms. The predicted octanol–water partition coefficient (Wildman–Crippen LogP) is 8.22. The van der Waals surface area contributed by atoms with E-state index in [4.69, 9.17) is 4.74 Å². The monoisotopic (exact) mass is 394 g/mol. The third-order valence-electron chi connectivity index (χ3n) is 7.28. The minimum Gasteiger partial charge on any atom is -0.376 e. The second-order valence-corrected chi connectivity index (χ2v) is 9.27. The van der Waals surface area contributed by atoms with E-state index in [1.165, 1.54) is 63.4 Å². The fraction of sp³-hybridized carbons (Fsp3) is 0.643. The first-order chi connectivity index (χ1) is 14.3. The summed E-state index contributed by atoms with van der Waals surface area (Å²) in [4.78, 5) is 0. The molecule has 0 N–H and O–H groups in total. The van der Waals surface area contributed by atoms with Gasteiger partial charge in [0.1, 0.15) is 0 Å². The van der Waals surface area contributed by atoms with Crippen LogP contribution in [0.1, 0.15) is 95.1 Å². The maximum Gasteiger partial charge on any atom is 0.0717 e. The van der Waals surface area contributed by atoms with E-state index in [1.807, 2.05) is 0 Å². The zero-order valence-electron chi connectivity index (χ0n) is 18.8. The largest absolute Gasteiger partial charge is 0.376 e. The van der Waals surface area contributed by atoms with E-state index in [2.05, 4.69) is 62.4 Å². The highest BCUT2D eigenvalue weighted by atomic mass is 16.5. The molecule has 29 heavy (non-hydrogen) atoms. The Balaban J connectivity index is 1.38. The third-order valence-corrected chi connectivity index (χ3v) is 7.28. The summed E-state index contributed by atoms with van der Waals surface area (Å²) in [5, 5.41) is 0. The van der Waals surface area contributed by atoms with Crippen LogP contribution in [0.3, 0.4) is 0 Å². The molecule has 2 saturated carbocycles. The van der Waals surface area contributed by atoms with E-state index < -0.39 is 0 Å². The summed E-state index contributed by atoms with van der Waals surface area (Å²) in [6.45, 7) is 5.85. The van der Waals surface area contributed by atoms with Crippen LogP contribution in [0.15, 0.2) is 48.6 Å². The Labute approximate surface area is 179 Å². The first-order valence-corrected chi connectivity index (χ1v) is 12.2. The van der Waals surface area contributed by atoms with Crippen LogP contribution < -0.4 is 0 Å². The highest BCUT2D eigenvalue weighted by Gasteiger charge is 2.30. The predicted molar refractivity (Wildman–Crippen MR) is 125 cm³/mol. The molecule has 2 aliphatic rings. The van der Waals surface area contributed by atoms with Crippen LogP contribution >= 0.6 is 0 Å². The Morgan fingerprint density at radius 1 is 0.862 bits per heavy atom. The molecule has 2 aliphatic carbocycles. The summed E-state index contributed by atoms with van der Waals surface area (Å²) in [5.41, 5.74) is 2.85. The van der Waals surface area contributed by atoms with Crippen LogP contribution in [-0.2, 0) is 11.3 Å². The summed E-state index contributed by atoms with van der Waals surface area (Å²) >= 11 is 0. The van der Waals surface area contributed by atoms with Crippen LogP contribution in [-0.4, -0.2) is 6.61 Å². The lowest BCUT2D eigenvalue weighted by molar-refractivity contribution is 0.125. The maximum atomic E-state index is 5.76. The van der Waals surface area contributed by atoms with Crippen LogP contribution in [0.25, 0.3) is 0 Å². The molecule has 0 spiro atoms. The zero-order chi connectivity index (χ0) is 20.3. The van der Waals surface area contributed by atoms with Crippen LogP contribution in [0.4, 0.5) is 0 Å². The number of allylic oxidation sites excluding steroid dienone is 3. The normalized spacial score (nSPS) is 28.3. The van der Waals surface area contributed by atoms with Crippen molar-refractivity contribution in [1.82, 2.24) is 0 Å². The van der Waals surface area contributed by atoms with Gasteiger partial charge < -0.3 is 4.74 Å². The van der Waals surface area contributed by atoms with Crippen molar-refractivity contribution in [2.45, 2.75) is 90.6 Å². The molecule has 0 atom stereocenters. The van der Waals surface area contributed by atoms with Crippen molar-refractivity contribution in [1.29, 1.82) is 0 Å². The molecule has 2 fully saturated rings. The first-order valence-electron chi connectivity index (χ1n) is 12.2. The van der Waals surface area contributed by atoms with Gasteiger partial charge in [-0.15, -0.1) is 0 Å². The van der Waals surface area contributed by atoms with Gasteiger partial charge in [0.2, 0.25) is 0 Å². The Hall–Kier alpha value is -1.34. The molecular weight excluding hydrogens is 352 g/mol. The van der Waals surface area contributed by atoms with Crippen molar-refractivity contribution in [2.75, 3.05) is 6.61 Å². The summed E-state index contributed by atoms with van der Waals surface area (Å²) in [6, 6.07) is 9.28. The van der Waals surface area contributed by atoms with Gasteiger partial charge in [-0.1, -0.05) is 55.5 Å². The average Bonchev–Trinajstić information content (AvgIpc) is 2.78. The van der Waals surface area contributed by atoms with Crippen LogP contribution in [0, 0.1) is 17.8 Å². The number of ether oxygens (including phenoxy) is 1. The lowest BCUT2D eigenvalue weighted by Gasteiger charge is -2.37. The Morgan fingerprint density at radius 3 is 2.14 bits per heavy atom. The van der Waals surface area contributed by atoms with Gasteiger partial charge in [-0.25, -0.2) is 0 Å². The van der Waals surface area contributed by atoms with Crippen molar-refractivity contribution in [3.63, 3.8) is 0 Å². The van der Waals surface area contributed by atoms with Crippen molar-refractivity contribution in [3.05, 3.63) is 59.7 Å². The van der Waals surface area contributed by atoms with Crippen LogP contribution in [0.5, 0.6) is 0 Å². The van der Waals surface area contributed by atoms with E-state index in [1.54, 1.807) is 5.56 Å². The molecule has 1 aromatic carbocycles. The molecule has 0 saturated heterocycles. The second-order valence-electron chi connectivity index (χ2n) is 9.27. The second kappa shape index (κ2) is 12.4. The lowest BCUT2D eigenvalue weighted by Crippen LogP contribution is -2.25. The van der Waals surface area contributed by atoms with Crippen molar-refractivity contribution < 1.29 is 4.74 Å². The molecule has 0 aliphatic heterocycles. The van der Waals surface area contributed by atoms with E-state index in [-0.39, 0.29) is 0 Å². The molecule has 0 heterocycles. The van der Waals surface area contributed by atoms with Gasteiger partial charge in [0, 0.05) is 0 Å². The van der Waals surface area contributed by atoms with E-state index in [0.29, 0.717) is 0 Å². The number of benzene rings is 1. The molecule has 1 aromatic rings. The Bertz CT molecular complexity index is 610. The number of rotatable bonds is 9. The van der Waals surface area contributed by atoms with Gasteiger partial charge in [0.25, 0.3) is 0 Å².